The van der Waals surface area contributed by atoms with Gasteiger partial charge >= 0.3 is 0 Å². The third kappa shape index (κ3) is 2.60. The maximum atomic E-state index is 11.6. The lowest BCUT2D eigenvalue weighted by atomic mass is 9.99. The predicted molar refractivity (Wildman–Crippen MR) is 95.1 cm³/mol. The number of carbonyl (C=O) groups excluding carboxylic acids is 1. The van der Waals surface area contributed by atoms with Crippen LogP contribution < -0.4 is 10.7 Å². The van der Waals surface area contributed by atoms with Gasteiger partial charge in [0.1, 0.15) is 10.7 Å². The zero-order valence-electron chi connectivity index (χ0n) is 13.5. The zero-order chi connectivity index (χ0) is 17.6. The van der Waals surface area contributed by atoms with E-state index in [2.05, 4.69) is 25.9 Å². The van der Waals surface area contributed by atoms with Crippen molar-refractivity contribution in [2.45, 2.75) is 31.1 Å². The molecule has 0 bridgehead atoms. The molecule has 1 unspecified atom stereocenters. The molecule has 0 amide bonds. The molecule has 0 saturated carbocycles. The van der Waals surface area contributed by atoms with Gasteiger partial charge in [0.2, 0.25) is 0 Å². The summed E-state index contributed by atoms with van der Waals surface area (Å²) in [6, 6.07) is 6.97. The average molecular weight is 389 g/mol. The predicted octanol–water partition coefficient (Wildman–Crippen LogP) is 2.52. The molecule has 124 valence electrons. The summed E-state index contributed by atoms with van der Waals surface area (Å²) < 4.78 is 0. The van der Waals surface area contributed by atoms with Crippen LogP contribution in [0.2, 0.25) is 0 Å². The van der Waals surface area contributed by atoms with Gasteiger partial charge < -0.3 is 10.2 Å². The average Bonchev–Trinajstić information content (AvgIpc) is 2.62. The van der Waals surface area contributed by atoms with Crippen molar-refractivity contribution >= 4 is 32.5 Å². The Kier molecular flexibility index (Phi) is 3.95. The molecule has 0 aliphatic carbocycles. The molecule has 1 heterocycles. The van der Waals surface area contributed by atoms with Gasteiger partial charge in [-0.25, -0.2) is 4.99 Å². The largest absolute Gasteiger partial charge is 0.505 e. The molecule has 1 aliphatic rings. The monoisotopic (exact) mass is 388 g/mol. The molecule has 0 aromatic heterocycles. The molecule has 1 atom stereocenters. The lowest BCUT2D eigenvalue weighted by molar-refractivity contribution is -0.112. The van der Waals surface area contributed by atoms with Crippen molar-refractivity contribution in [2.24, 2.45) is 9.98 Å². The normalized spacial score (nSPS) is 20.8. The number of fused-ring (bicyclic) bond motifs is 2. The molecule has 2 N–H and O–H groups in total. The Labute approximate surface area is 147 Å². The van der Waals surface area contributed by atoms with E-state index in [1.165, 1.54) is 13.0 Å². The minimum absolute atomic E-state index is 0.0287. The summed E-state index contributed by atoms with van der Waals surface area (Å²) in [5.41, 5.74) is -0.220. The van der Waals surface area contributed by atoms with E-state index in [-0.39, 0.29) is 32.8 Å². The van der Waals surface area contributed by atoms with Crippen LogP contribution in [-0.4, -0.2) is 26.4 Å². The standard InChI is InChI=1S/C18H17BrN2O3/c1-9(22)8-12-17(19)18(2,3)21-14-13(20-12)15(23)10-6-4-5-7-11(10)16(14)24/h4-8,17,23-24H,1-3H3/b12-8-. The third-order valence-electron chi connectivity index (χ3n) is 3.98. The number of phenolic OH excluding ortho intramolecular Hbond substituents is 2. The SMILES string of the molecule is CC(=O)/C=C1\N=c2c(O)c3ccccc3c(O)c2=NC(C)(C)C1Br. The second-order valence-electron chi connectivity index (χ2n) is 6.36. The molecule has 24 heavy (non-hydrogen) atoms. The van der Waals surface area contributed by atoms with E-state index >= 15 is 0 Å². The fourth-order valence-corrected chi connectivity index (χ4v) is 3.13. The number of carbonyl (C=O) groups is 1. The highest BCUT2D eigenvalue weighted by Gasteiger charge is 2.33. The van der Waals surface area contributed by atoms with Crippen molar-refractivity contribution in [3.8, 4) is 11.5 Å². The smallest absolute Gasteiger partial charge is 0.154 e. The first-order valence-corrected chi connectivity index (χ1v) is 8.41. The van der Waals surface area contributed by atoms with E-state index in [9.17, 15) is 15.0 Å². The molecule has 0 saturated heterocycles. The maximum absolute atomic E-state index is 11.6. The molecule has 2 aromatic rings. The number of allylic oxidation sites excluding steroid dienone is 1. The molecule has 0 spiro atoms. The van der Waals surface area contributed by atoms with Crippen LogP contribution in [0, 0.1) is 0 Å². The molecular formula is C18H17BrN2O3. The highest BCUT2D eigenvalue weighted by molar-refractivity contribution is 9.09. The van der Waals surface area contributed by atoms with Gasteiger partial charge in [-0.05, 0) is 20.8 Å². The summed E-state index contributed by atoms with van der Waals surface area (Å²) in [4.78, 5) is 20.3. The lowest BCUT2D eigenvalue weighted by Crippen LogP contribution is -2.33. The van der Waals surface area contributed by atoms with Crippen molar-refractivity contribution in [1.82, 2.24) is 0 Å². The Morgan fingerprint density at radius 2 is 1.71 bits per heavy atom. The van der Waals surface area contributed by atoms with Crippen LogP contribution in [0.15, 0.2) is 46.0 Å². The third-order valence-corrected chi connectivity index (χ3v) is 5.57. The molecule has 6 heteroatoms. The van der Waals surface area contributed by atoms with Gasteiger partial charge in [-0.3, -0.25) is 9.79 Å². The van der Waals surface area contributed by atoms with E-state index in [1.54, 1.807) is 24.3 Å². The summed E-state index contributed by atoms with van der Waals surface area (Å²) in [5.74, 6) is -0.241. The molecular weight excluding hydrogens is 372 g/mol. The van der Waals surface area contributed by atoms with Gasteiger partial charge in [0.15, 0.2) is 17.3 Å². The first-order chi connectivity index (χ1) is 11.2. The fourth-order valence-electron chi connectivity index (χ4n) is 2.79. The van der Waals surface area contributed by atoms with E-state index < -0.39 is 5.54 Å². The van der Waals surface area contributed by atoms with Crippen LogP contribution in [0.5, 0.6) is 11.5 Å². The Morgan fingerprint density at radius 1 is 1.17 bits per heavy atom. The van der Waals surface area contributed by atoms with Crippen molar-refractivity contribution in [3.05, 3.63) is 46.8 Å². The highest BCUT2D eigenvalue weighted by Crippen LogP contribution is 2.32. The van der Waals surface area contributed by atoms with Crippen LogP contribution in [-0.2, 0) is 4.79 Å². The van der Waals surface area contributed by atoms with Crippen molar-refractivity contribution in [2.75, 3.05) is 0 Å². The van der Waals surface area contributed by atoms with Crippen molar-refractivity contribution < 1.29 is 15.0 Å². The molecule has 3 rings (SSSR count). The quantitative estimate of drug-likeness (QED) is 0.447. The second kappa shape index (κ2) is 5.70. The summed E-state index contributed by atoms with van der Waals surface area (Å²) in [5, 5.41) is 22.7. The van der Waals surface area contributed by atoms with E-state index in [0.29, 0.717) is 16.5 Å². The number of alkyl halides is 1. The minimum atomic E-state index is -0.678. The lowest BCUT2D eigenvalue weighted by Gasteiger charge is -2.25. The van der Waals surface area contributed by atoms with Crippen LogP contribution in [0.4, 0.5) is 0 Å². The van der Waals surface area contributed by atoms with E-state index in [4.69, 9.17) is 0 Å². The number of nitrogens with zero attached hydrogens (tertiary/aromatic N) is 2. The van der Waals surface area contributed by atoms with E-state index in [0.717, 1.165) is 0 Å². The minimum Gasteiger partial charge on any atom is -0.505 e. The second-order valence-corrected chi connectivity index (χ2v) is 7.28. The maximum Gasteiger partial charge on any atom is 0.154 e. The first kappa shape index (κ1) is 16.6. The number of ketones is 1. The summed E-state index contributed by atoms with van der Waals surface area (Å²) in [6.07, 6.45) is 1.41. The summed E-state index contributed by atoms with van der Waals surface area (Å²) in [6.45, 7) is 5.18. The van der Waals surface area contributed by atoms with Crippen LogP contribution >= 0.6 is 15.9 Å². The molecule has 0 fully saturated rings. The Hall–Kier alpha value is -2.21. The number of halogens is 1. The number of hydrogen-bond acceptors (Lipinski definition) is 5. The van der Waals surface area contributed by atoms with Crippen LogP contribution in [0.3, 0.4) is 0 Å². The van der Waals surface area contributed by atoms with Gasteiger partial charge in [-0.2, -0.15) is 0 Å². The van der Waals surface area contributed by atoms with Crippen molar-refractivity contribution in [3.63, 3.8) is 0 Å². The Morgan fingerprint density at radius 3 is 2.25 bits per heavy atom. The first-order valence-electron chi connectivity index (χ1n) is 7.50. The Balaban J connectivity index is 2.56. The summed E-state index contributed by atoms with van der Waals surface area (Å²) in [7, 11) is 0. The van der Waals surface area contributed by atoms with E-state index in [1.807, 2.05) is 13.8 Å². The van der Waals surface area contributed by atoms with Crippen LogP contribution in [0.1, 0.15) is 20.8 Å². The Bertz CT molecular complexity index is 1010. The number of phenols is 2. The summed E-state index contributed by atoms with van der Waals surface area (Å²) >= 11 is 3.55. The molecule has 1 aliphatic heterocycles. The van der Waals surface area contributed by atoms with Crippen molar-refractivity contribution in [1.29, 1.82) is 0 Å². The molecule has 2 aromatic carbocycles. The fraction of sp³-hybridized carbons (Fsp3) is 0.278. The van der Waals surface area contributed by atoms with Gasteiger partial charge in [-0.1, -0.05) is 40.2 Å². The topological polar surface area (TPSA) is 82.2 Å². The number of rotatable bonds is 1. The number of aromatic hydroxyl groups is 2. The molecule has 0 radical (unpaired) electrons. The van der Waals surface area contributed by atoms with Gasteiger partial charge in [-0.15, -0.1) is 0 Å². The number of benzene rings is 2. The molecule has 5 nitrogen and oxygen atoms in total. The van der Waals surface area contributed by atoms with Gasteiger partial charge in [0.25, 0.3) is 0 Å². The zero-order valence-corrected chi connectivity index (χ0v) is 15.1. The van der Waals surface area contributed by atoms with Crippen LogP contribution in [0.25, 0.3) is 10.8 Å². The number of hydrogen-bond donors (Lipinski definition) is 2. The van der Waals surface area contributed by atoms with Gasteiger partial charge in [0, 0.05) is 16.8 Å². The highest BCUT2D eigenvalue weighted by atomic mass is 79.9. The van der Waals surface area contributed by atoms with Gasteiger partial charge in [0.05, 0.1) is 16.1 Å².